The number of nitrogens with zero attached hydrogens (tertiary/aromatic N) is 1. The second-order valence-electron chi connectivity index (χ2n) is 6.27. The van der Waals surface area contributed by atoms with E-state index in [-0.39, 0.29) is 17.1 Å². The minimum absolute atomic E-state index is 0.218. The summed E-state index contributed by atoms with van der Waals surface area (Å²) < 4.78 is 18.7. The van der Waals surface area contributed by atoms with Gasteiger partial charge in [-0.05, 0) is 48.7 Å². The summed E-state index contributed by atoms with van der Waals surface area (Å²) in [5.74, 6) is -0.492. The molecular weight excluding hydrogens is 319 g/mol. The zero-order chi connectivity index (χ0) is 17.7. The minimum atomic E-state index is -0.275. The molecule has 0 saturated carbocycles. The first-order valence-electron chi connectivity index (χ1n) is 8.25. The van der Waals surface area contributed by atoms with Gasteiger partial charge in [0.1, 0.15) is 5.82 Å². The van der Waals surface area contributed by atoms with Crippen LogP contribution in [0, 0.1) is 17.1 Å². The van der Waals surface area contributed by atoms with Crippen LogP contribution < -0.4 is 5.32 Å². The maximum Gasteiger partial charge on any atom is 0.251 e. The Morgan fingerprint density at radius 2 is 1.92 bits per heavy atom. The summed E-state index contributed by atoms with van der Waals surface area (Å²) in [6.45, 7) is 1.66. The van der Waals surface area contributed by atoms with Gasteiger partial charge in [0.05, 0.1) is 11.6 Å². The zero-order valence-corrected chi connectivity index (χ0v) is 13.8. The molecule has 1 fully saturated rings. The number of halogens is 1. The lowest BCUT2D eigenvalue weighted by atomic mass is 9.74. The fraction of sp³-hybridized carbons (Fsp3) is 0.300. The molecule has 1 heterocycles. The van der Waals surface area contributed by atoms with E-state index < -0.39 is 0 Å². The van der Waals surface area contributed by atoms with Crippen LogP contribution in [0.4, 0.5) is 4.39 Å². The Morgan fingerprint density at radius 3 is 2.60 bits per heavy atom. The maximum absolute atomic E-state index is 13.3. The third kappa shape index (κ3) is 3.86. The quantitative estimate of drug-likeness (QED) is 0.931. The van der Waals surface area contributed by atoms with Gasteiger partial charge in [0.25, 0.3) is 5.91 Å². The number of nitrogens with one attached hydrogen (secondary N) is 1. The summed E-state index contributed by atoms with van der Waals surface area (Å²) in [7, 11) is 0. The highest BCUT2D eigenvalue weighted by Gasteiger charge is 2.35. The summed E-state index contributed by atoms with van der Waals surface area (Å²) in [5, 5.41) is 11.9. The molecule has 128 valence electrons. The molecule has 5 heteroatoms. The first kappa shape index (κ1) is 17.1. The van der Waals surface area contributed by atoms with Crippen molar-refractivity contribution in [2.75, 3.05) is 19.8 Å². The van der Waals surface area contributed by atoms with E-state index in [1.165, 1.54) is 12.1 Å². The van der Waals surface area contributed by atoms with Gasteiger partial charge in [-0.3, -0.25) is 4.79 Å². The number of carbonyl (C=O) groups is 1. The summed E-state index contributed by atoms with van der Waals surface area (Å²) in [5.41, 5.74) is 1.64. The topological polar surface area (TPSA) is 62.1 Å². The SMILES string of the molecule is N#Cc1cccc(C(=O)NCC2(c3ccc(F)cc3)CCOCC2)c1. The molecule has 0 aliphatic carbocycles. The maximum atomic E-state index is 13.3. The highest BCUT2D eigenvalue weighted by Crippen LogP contribution is 2.34. The standard InChI is InChI=1S/C20H19FN2O2/c21-18-6-4-17(5-7-18)20(8-10-25-11-9-20)14-23-19(24)16-3-1-2-15(12-16)13-22/h1-7,12H,8-11,14H2,(H,23,24). The van der Waals surface area contributed by atoms with E-state index in [0.717, 1.165) is 18.4 Å². The number of carbonyl (C=O) groups excluding carboxylic acids is 1. The molecule has 0 aromatic heterocycles. The molecule has 1 aliphatic rings. The van der Waals surface area contributed by atoms with Crippen LogP contribution in [-0.2, 0) is 10.2 Å². The average molecular weight is 338 g/mol. The normalized spacial score (nSPS) is 16.0. The fourth-order valence-electron chi connectivity index (χ4n) is 3.21. The van der Waals surface area contributed by atoms with Gasteiger partial charge in [0.2, 0.25) is 0 Å². The molecule has 0 unspecified atom stereocenters. The molecule has 3 rings (SSSR count). The lowest BCUT2D eigenvalue weighted by molar-refractivity contribution is 0.0487. The molecule has 0 radical (unpaired) electrons. The summed E-state index contributed by atoms with van der Waals surface area (Å²) in [6, 6.07) is 15.1. The van der Waals surface area contributed by atoms with Crippen molar-refractivity contribution in [3.05, 3.63) is 71.0 Å². The first-order chi connectivity index (χ1) is 12.1. The number of ether oxygens (including phenoxy) is 1. The van der Waals surface area contributed by atoms with Crippen LogP contribution in [0.5, 0.6) is 0 Å². The predicted octanol–water partition coefficient (Wildman–Crippen LogP) is 3.18. The molecular formula is C20H19FN2O2. The van der Waals surface area contributed by atoms with E-state index in [2.05, 4.69) is 5.32 Å². The van der Waals surface area contributed by atoms with Gasteiger partial charge >= 0.3 is 0 Å². The Hall–Kier alpha value is -2.71. The smallest absolute Gasteiger partial charge is 0.251 e. The Kier molecular flexibility index (Phi) is 5.11. The molecule has 2 aromatic rings. The van der Waals surface area contributed by atoms with E-state index in [0.29, 0.717) is 30.9 Å². The molecule has 0 bridgehead atoms. The van der Waals surface area contributed by atoms with Crippen molar-refractivity contribution in [2.45, 2.75) is 18.3 Å². The second kappa shape index (κ2) is 7.45. The van der Waals surface area contributed by atoms with Gasteiger partial charge < -0.3 is 10.1 Å². The van der Waals surface area contributed by atoms with Gasteiger partial charge in [-0.2, -0.15) is 5.26 Å². The molecule has 1 N–H and O–H groups in total. The van der Waals surface area contributed by atoms with Gasteiger partial charge in [-0.25, -0.2) is 4.39 Å². The second-order valence-corrected chi connectivity index (χ2v) is 6.27. The molecule has 0 spiro atoms. The van der Waals surface area contributed by atoms with Crippen molar-refractivity contribution in [3.8, 4) is 6.07 Å². The summed E-state index contributed by atoms with van der Waals surface area (Å²) in [6.07, 6.45) is 1.52. The molecule has 4 nitrogen and oxygen atoms in total. The highest BCUT2D eigenvalue weighted by molar-refractivity contribution is 5.94. The van der Waals surface area contributed by atoms with Crippen LogP contribution in [0.2, 0.25) is 0 Å². The van der Waals surface area contributed by atoms with Crippen molar-refractivity contribution in [3.63, 3.8) is 0 Å². The summed E-state index contributed by atoms with van der Waals surface area (Å²) in [4.78, 5) is 12.5. The lowest BCUT2D eigenvalue weighted by Gasteiger charge is -2.38. The highest BCUT2D eigenvalue weighted by atomic mass is 19.1. The number of rotatable bonds is 4. The van der Waals surface area contributed by atoms with Crippen LogP contribution in [0.1, 0.15) is 34.3 Å². The fourth-order valence-corrected chi connectivity index (χ4v) is 3.21. The Morgan fingerprint density at radius 1 is 1.20 bits per heavy atom. The number of hydrogen-bond donors (Lipinski definition) is 1. The van der Waals surface area contributed by atoms with Crippen LogP contribution in [0.25, 0.3) is 0 Å². The molecule has 0 atom stereocenters. The van der Waals surface area contributed by atoms with Crippen LogP contribution in [0.3, 0.4) is 0 Å². The van der Waals surface area contributed by atoms with Crippen LogP contribution in [-0.4, -0.2) is 25.7 Å². The number of hydrogen-bond acceptors (Lipinski definition) is 3. The Labute approximate surface area is 146 Å². The van der Waals surface area contributed by atoms with Crippen LogP contribution in [0.15, 0.2) is 48.5 Å². The third-order valence-corrected chi connectivity index (χ3v) is 4.75. The zero-order valence-electron chi connectivity index (χ0n) is 13.8. The van der Waals surface area contributed by atoms with Crippen molar-refractivity contribution in [2.24, 2.45) is 0 Å². The average Bonchev–Trinajstić information content (AvgIpc) is 2.67. The molecule has 25 heavy (non-hydrogen) atoms. The molecule has 1 amide bonds. The van der Waals surface area contributed by atoms with Crippen molar-refractivity contribution >= 4 is 5.91 Å². The number of nitriles is 1. The van der Waals surface area contributed by atoms with E-state index in [9.17, 15) is 9.18 Å². The van der Waals surface area contributed by atoms with Crippen molar-refractivity contribution in [1.82, 2.24) is 5.32 Å². The largest absolute Gasteiger partial charge is 0.381 e. The predicted molar refractivity (Wildman–Crippen MR) is 91.6 cm³/mol. The minimum Gasteiger partial charge on any atom is -0.381 e. The van der Waals surface area contributed by atoms with Gasteiger partial charge in [0, 0.05) is 30.7 Å². The Bertz CT molecular complexity index is 790. The van der Waals surface area contributed by atoms with Gasteiger partial charge in [-0.15, -0.1) is 0 Å². The first-order valence-corrected chi connectivity index (χ1v) is 8.25. The Balaban J connectivity index is 1.78. The van der Waals surface area contributed by atoms with E-state index >= 15 is 0 Å². The van der Waals surface area contributed by atoms with E-state index in [4.69, 9.17) is 10.00 Å². The third-order valence-electron chi connectivity index (χ3n) is 4.75. The van der Waals surface area contributed by atoms with Gasteiger partial charge in [0.15, 0.2) is 0 Å². The van der Waals surface area contributed by atoms with E-state index in [1.807, 2.05) is 6.07 Å². The van der Waals surface area contributed by atoms with Gasteiger partial charge in [-0.1, -0.05) is 18.2 Å². The number of amides is 1. The summed E-state index contributed by atoms with van der Waals surface area (Å²) >= 11 is 0. The molecule has 1 aliphatic heterocycles. The van der Waals surface area contributed by atoms with E-state index in [1.54, 1.807) is 36.4 Å². The van der Waals surface area contributed by atoms with Crippen LogP contribution >= 0.6 is 0 Å². The molecule has 2 aromatic carbocycles. The monoisotopic (exact) mass is 338 g/mol. The van der Waals surface area contributed by atoms with Crippen molar-refractivity contribution < 1.29 is 13.9 Å². The lowest BCUT2D eigenvalue weighted by Crippen LogP contribution is -2.44. The molecule has 1 saturated heterocycles. The number of benzene rings is 2. The van der Waals surface area contributed by atoms with Crippen molar-refractivity contribution in [1.29, 1.82) is 5.26 Å².